The molecule has 0 aromatic heterocycles. The Balaban J connectivity index is 0.000000230. The predicted molar refractivity (Wildman–Crippen MR) is 158 cm³/mol. The number of aliphatic hydroxyl groups excluding tert-OH is 1. The Morgan fingerprint density at radius 3 is 1.81 bits per heavy atom. The van der Waals surface area contributed by atoms with Crippen molar-refractivity contribution in [2.24, 2.45) is 0 Å². The summed E-state index contributed by atoms with van der Waals surface area (Å²) >= 11 is 0. The second kappa shape index (κ2) is 17.4. The molecule has 0 aliphatic carbocycles. The molecule has 42 heavy (non-hydrogen) atoms. The van der Waals surface area contributed by atoms with Crippen LogP contribution in [0.1, 0.15) is 62.9 Å². The number of nitrogens with one attached hydrogen (secondary N) is 2. The van der Waals surface area contributed by atoms with Gasteiger partial charge in [-0.05, 0) is 36.5 Å². The molecule has 2 atom stereocenters. The maximum absolute atomic E-state index is 11.8. The number of benzene rings is 4. The normalized spacial score (nSPS) is 17.0. The van der Waals surface area contributed by atoms with Crippen LogP contribution in [0, 0.1) is 0 Å². The number of hydrogen-bond donors (Lipinski definition) is 4. The smallest absolute Gasteiger partial charge is 0.354 e. The highest BCUT2D eigenvalue weighted by Crippen LogP contribution is 2.34. The van der Waals surface area contributed by atoms with Crippen LogP contribution in [-0.2, 0) is 5.72 Å². The third-order valence-electron chi connectivity index (χ3n) is 6.13. The zero-order chi connectivity index (χ0) is 31.0. The molecule has 219 valence electrons. The Morgan fingerprint density at radius 1 is 0.762 bits per heavy atom. The molecule has 0 saturated carbocycles. The van der Waals surface area contributed by atoms with E-state index in [2.05, 4.69) is 10.6 Å². The number of hydrogen-bond acceptors (Lipinski definition) is 4. The quantitative estimate of drug-likeness (QED) is 0.225. The van der Waals surface area contributed by atoms with E-state index in [0.29, 0.717) is 30.6 Å². The maximum atomic E-state index is 11.8. The highest BCUT2D eigenvalue weighted by atomic mass is 20.0. The number of halogens is 3. The summed E-state index contributed by atoms with van der Waals surface area (Å²) in [4.78, 5) is 23.5. The van der Waals surface area contributed by atoms with Crippen LogP contribution >= 0.6 is 0 Å². The van der Waals surface area contributed by atoms with Gasteiger partial charge in [0.1, 0.15) is 0 Å². The molecule has 1 radical (unpaired) electrons. The molecule has 4 aromatic rings. The van der Waals surface area contributed by atoms with Gasteiger partial charge < -0.3 is 25.2 Å². The molecule has 0 saturated heterocycles. The molecular weight excluding hydrogens is 544 g/mol. The first-order valence-electron chi connectivity index (χ1n) is 13.2. The van der Waals surface area contributed by atoms with Crippen LogP contribution in [0.2, 0.25) is 6.32 Å². The van der Waals surface area contributed by atoms with Crippen molar-refractivity contribution in [2.45, 2.75) is 31.9 Å². The molecule has 4 aromatic carbocycles. The third kappa shape index (κ3) is 8.31. The number of carbonyl (C=O) groups excluding carboxylic acids is 2. The molecule has 2 aliphatic heterocycles. The van der Waals surface area contributed by atoms with Crippen LogP contribution in [-0.4, -0.2) is 36.2 Å². The van der Waals surface area contributed by atoms with Crippen molar-refractivity contribution < 1.29 is 33.3 Å². The SMILES string of the molecule is CCO.CC[B]F.FF.O=C1NC(O)(c2ccccc2)c2ccccc21.O=C1NC(c2ccccc2)c2ccccc21. The summed E-state index contributed by atoms with van der Waals surface area (Å²) in [7, 11) is 0.625. The molecule has 2 aliphatic rings. The van der Waals surface area contributed by atoms with Crippen molar-refractivity contribution in [3.63, 3.8) is 0 Å². The van der Waals surface area contributed by atoms with Gasteiger partial charge in [-0.15, -0.1) is 0 Å². The Hall–Kier alpha value is -4.41. The summed E-state index contributed by atoms with van der Waals surface area (Å²) < 4.78 is 26.6. The van der Waals surface area contributed by atoms with Crippen LogP contribution in [0.5, 0.6) is 0 Å². The lowest BCUT2D eigenvalue weighted by Gasteiger charge is -2.24. The van der Waals surface area contributed by atoms with Crippen molar-refractivity contribution in [2.75, 3.05) is 6.61 Å². The first-order chi connectivity index (χ1) is 20.4. The van der Waals surface area contributed by atoms with Gasteiger partial charge in [-0.2, -0.15) is 0 Å². The molecule has 2 heterocycles. The largest absolute Gasteiger partial charge is 0.397 e. The van der Waals surface area contributed by atoms with E-state index in [0.717, 1.165) is 16.7 Å². The monoisotopic (exact) mass is 577 g/mol. The van der Waals surface area contributed by atoms with Gasteiger partial charge in [0.05, 0.1) is 6.04 Å². The third-order valence-corrected chi connectivity index (χ3v) is 6.13. The number of aliphatic hydroxyl groups is 2. The summed E-state index contributed by atoms with van der Waals surface area (Å²) in [6.45, 7) is 3.68. The Kier molecular flexibility index (Phi) is 14.0. The highest BCUT2D eigenvalue weighted by molar-refractivity contribution is 6.25. The molecule has 0 fully saturated rings. The molecule has 4 N–H and O–H groups in total. The molecule has 6 rings (SSSR count). The maximum Gasteiger partial charge on any atom is 0.354 e. The van der Waals surface area contributed by atoms with Gasteiger partial charge >= 0.3 is 7.56 Å². The van der Waals surface area contributed by atoms with Gasteiger partial charge in [-0.25, -0.2) is 0 Å². The summed E-state index contributed by atoms with van der Waals surface area (Å²) in [5, 5.41) is 23.8. The molecule has 2 amide bonds. The molecular formula is C32H33BF3N2O4. The minimum Gasteiger partial charge on any atom is -0.397 e. The van der Waals surface area contributed by atoms with E-state index in [9.17, 15) is 19.0 Å². The Morgan fingerprint density at radius 2 is 1.24 bits per heavy atom. The Labute approximate surface area is 244 Å². The van der Waals surface area contributed by atoms with Crippen LogP contribution in [0.25, 0.3) is 0 Å². The van der Waals surface area contributed by atoms with E-state index in [1.54, 1.807) is 44.2 Å². The summed E-state index contributed by atoms with van der Waals surface area (Å²) in [6, 6.07) is 34.0. The average molecular weight is 577 g/mol. The van der Waals surface area contributed by atoms with Crippen molar-refractivity contribution >= 4 is 19.4 Å². The zero-order valence-corrected chi connectivity index (χ0v) is 23.3. The van der Waals surface area contributed by atoms with Gasteiger partial charge in [-0.3, -0.25) is 9.59 Å². The van der Waals surface area contributed by atoms with Gasteiger partial charge in [0.25, 0.3) is 11.8 Å². The van der Waals surface area contributed by atoms with Crippen molar-refractivity contribution in [3.8, 4) is 0 Å². The number of fused-ring (bicyclic) bond motifs is 2. The second-order valence-electron chi connectivity index (χ2n) is 8.86. The molecule has 10 heteroatoms. The highest BCUT2D eigenvalue weighted by Gasteiger charge is 2.42. The minimum atomic E-state index is -1.41. The zero-order valence-electron chi connectivity index (χ0n) is 23.3. The van der Waals surface area contributed by atoms with Gasteiger partial charge in [-0.1, -0.05) is 104 Å². The van der Waals surface area contributed by atoms with Crippen molar-refractivity contribution in [1.82, 2.24) is 10.6 Å². The lowest BCUT2D eigenvalue weighted by Crippen LogP contribution is -2.40. The summed E-state index contributed by atoms with van der Waals surface area (Å²) in [6.07, 6.45) is 0.528. The van der Waals surface area contributed by atoms with Crippen molar-refractivity contribution in [3.05, 3.63) is 143 Å². The number of rotatable bonds is 3. The number of amides is 2. The fraction of sp³-hybridized carbons (Fsp3) is 0.188. The standard InChI is InChI=1S/C14H11NO2.C14H11NO.C2H5BF.C2H6O.F2/c16-13-11-8-4-5-9-12(11)14(17,15-13)10-6-2-1-3-7-10;16-14-12-9-5-4-8-11(12)13(15-14)10-6-2-1-3-7-10;1-2-3-4;1-2-3;1-2/h1-9,17H,(H,15,16);1-9,13H,(H,15,16);2H2,1H3;3H,2H2,1H3;. The van der Waals surface area contributed by atoms with Gasteiger partial charge in [0, 0.05) is 38.0 Å². The van der Waals surface area contributed by atoms with E-state index in [4.69, 9.17) is 14.3 Å². The van der Waals surface area contributed by atoms with E-state index < -0.39 is 5.72 Å². The van der Waals surface area contributed by atoms with Crippen LogP contribution in [0.15, 0.2) is 109 Å². The van der Waals surface area contributed by atoms with E-state index in [1.807, 2.05) is 78.9 Å². The van der Waals surface area contributed by atoms with Gasteiger partial charge in [0.2, 0.25) is 0 Å². The lowest BCUT2D eigenvalue weighted by molar-refractivity contribution is 0.0476. The number of carbonyl (C=O) groups is 2. The summed E-state index contributed by atoms with van der Waals surface area (Å²) in [5.41, 5.74) is 3.37. The topological polar surface area (TPSA) is 98.7 Å². The molecule has 2 unspecified atom stereocenters. The minimum absolute atomic E-state index is 0.00454. The first-order valence-corrected chi connectivity index (χ1v) is 13.2. The van der Waals surface area contributed by atoms with Gasteiger partial charge in [0.15, 0.2) is 5.72 Å². The van der Waals surface area contributed by atoms with Crippen LogP contribution < -0.4 is 10.6 Å². The predicted octanol–water partition coefficient (Wildman–Crippen LogP) is 6.00. The second-order valence-corrected chi connectivity index (χ2v) is 8.86. The van der Waals surface area contributed by atoms with Crippen LogP contribution in [0.4, 0.5) is 13.5 Å². The molecule has 0 bridgehead atoms. The van der Waals surface area contributed by atoms with Crippen molar-refractivity contribution in [1.29, 1.82) is 0 Å². The fourth-order valence-corrected chi connectivity index (χ4v) is 4.35. The first kappa shape index (κ1) is 33.8. The fourth-order valence-electron chi connectivity index (χ4n) is 4.35. The van der Waals surface area contributed by atoms with E-state index in [-0.39, 0.29) is 24.5 Å². The molecule has 6 nitrogen and oxygen atoms in total. The molecule has 0 spiro atoms. The summed E-state index contributed by atoms with van der Waals surface area (Å²) in [5.74, 6) is -0.226. The van der Waals surface area contributed by atoms with E-state index in [1.165, 1.54) is 0 Å². The lowest BCUT2D eigenvalue weighted by atomic mass is 9.95. The Bertz CT molecular complexity index is 1390. The van der Waals surface area contributed by atoms with Crippen LogP contribution in [0.3, 0.4) is 0 Å². The average Bonchev–Trinajstić information content (AvgIpc) is 3.53. The van der Waals surface area contributed by atoms with E-state index >= 15 is 0 Å².